The van der Waals surface area contributed by atoms with E-state index >= 15 is 0 Å². The molecule has 112 valence electrons. The minimum absolute atomic E-state index is 0.102. The number of likely N-dealkylation sites (tertiary alicyclic amines) is 1. The molecule has 0 saturated carbocycles. The van der Waals surface area contributed by atoms with Gasteiger partial charge in [-0.3, -0.25) is 9.48 Å². The van der Waals surface area contributed by atoms with Gasteiger partial charge in [-0.1, -0.05) is 0 Å². The maximum absolute atomic E-state index is 12.1. The largest absolute Gasteiger partial charge is 0.394 e. The van der Waals surface area contributed by atoms with Gasteiger partial charge in [0.15, 0.2) is 0 Å². The van der Waals surface area contributed by atoms with Crippen LogP contribution in [0.1, 0.15) is 30.9 Å². The third-order valence-electron chi connectivity index (χ3n) is 3.70. The average molecular weight is 297 g/mol. The van der Waals surface area contributed by atoms with Gasteiger partial charge in [0.05, 0.1) is 18.8 Å². The molecule has 2 heterocycles. The second-order valence-electron chi connectivity index (χ2n) is 5.15. The first-order valence-corrected chi connectivity index (χ1v) is 8.55. The van der Waals surface area contributed by atoms with Crippen molar-refractivity contribution in [1.82, 2.24) is 14.7 Å². The molecular weight excluding hydrogens is 274 g/mol. The van der Waals surface area contributed by atoms with Crippen molar-refractivity contribution in [3.05, 3.63) is 18.0 Å². The Bertz CT molecular complexity index is 436. The van der Waals surface area contributed by atoms with Crippen molar-refractivity contribution in [2.45, 2.75) is 31.7 Å². The van der Waals surface area contributed by atoms with E-state index < -0.39 is 0 Å². The van der Waals surface area contributed by atoms with Crippen molar-refractivity contribution < 1.29 is 9.90 Å². The number of rotatable bonds is 6. The van der Waals surface area contributed by atoms with Crippen molar-refractivity contribution in [1.29, 1.82) is 0 Å². The molecule has 1 amide bonds. The Labute approximate surface area is 124 Å². The van der Waals surface area contributed by atoms with E-state index in [2.05, 4.69) is 5.10 Å². The van der Waals surface area contributed by atoms with Crippen LogP contribution in [0, 0.1) is 0 Å². The molecule has 0 unspecified atom stereocenters. The van der Waals surface area contributed by atoms with Crippen LogP contribution in [0.3, 0.4) is 0 Å². The Morgan fingerprint density at radius 3 is 3.20 bits per heavy atom. The molecule has 0 radical (unpaired) electrons. The van der Waals surface area contributed by atoms with Gasteiger partial charge in [-0.05, 0) is 25.2 Å². The quantitative estimate of drug-likeness (QED) is 0.861. The molecule has 1 saturated heterocycles. The first-order chi connectivity index (χ1) is 9.74. The molecule has 1 atom stereocenters. The third-order valence-corrected chi connectivity index (χ3v) is 4.32. The lowest BCUT2D eigenvalue weighted by atomic mass is 9.95. The first-order valence-electron chi connectivity index (χ1n) is 7.15. The number of aromatic nitrogens is 2. The summed E-state index contributed by atoms with van der Waals surface area (Å²) in [6.07, 6.45) is 6.69. The van der Waals surface area contributed by atoms with E-state index in [-0.39, 0.29) is 12.5 Å². The predicted octanol–water partition coefficient (Wildman–Crippen LogP) is 1.33. The standard InChI is InChI=1S/C14H23N3O2S/c1-20-10-5-14(19)16-6-2-3-12(11-16)13-4-7-17(15-13)8-9-18/h4,7,12,18H,2-3,5-6,8-11H2,1H3/t12-/m1/s1. The lowest BCUT2D eigenvalue weighted by Crippen LogP contribution is -2.39. The Hall–Kier alpha value is -1.01. The molecule has 6 heteroatoms. The lowest BCUT2D eigenvalue weighted by Gasteiger charge is -2.32. The highest BCUT2D eigenvalue weighted by Gasteiger charge is 2.25. The van der Waals surface area contributed by atoms with Crippen molar-refractivity contribution in [2.75, 3.05) is 31.7 Å². The molecule has 0 spiro atoms. The second kappa shape index (κ2) is 7.69. The molecule has 0 bridgehead atoms. The summed E-state index contributed by atoms with van der Waals surface area (Å²) in [4.78, 5) is 14.1. The smallest absolute Gasteiger partial charge is 0.223 e. The van der Waals surface area contributed by atoms with Crippen LogP contribution < -0.4 is 0 Å². The fourth-order valence-corrected chi connectivity index (χ4v) is 2.99. The molecule has 20 heavy (non-hydrogen) atoms. The van der Waals surface area contributed by atoms with Gasteiger partial charge in [-0.25, -0.2) is 0 Å². The maximum Gasteiger partial charge on any atom is 0.223 e. The number of hydrogen-bond donors (Lipinski definition) is 1. The summed E-state index contributed by atoms with van der Waals surface area (Å²) in [5.41, 5.74) is 1.04. The number of hydrogen-bond acceptors (Lipinski definition) is 4. The monoisotopic (exact) mass is 297 g/mol. The van der Waals surface area contributed by atoms with E-state index in [1.807, 2.05) is 23.4 Å². The van der Waals surface area contributed by atoms with Crippen LogP contribution in [-0.4, -0.2) is 57.4 Å². The van der Waals surface area contributed by atoms with Gasteiger partial charge in [0.25, 0.3) is 0 Å². The zero-order valence-corrected chi connectivity index (χ0v) is 12.8. The van der Waals surface area contributed by atoms with Crippen LogP contribution >= 0.6 is 11.8 Å². The zero-order chi connectivity index (χ0) is 14.4. The molecule has 1 aromatic heterocycles. The van der Waals surface area contributed by atoms with E-state index in [0.29, 0.717) is 18.9 Å². The minimum Gasteiger partial charge on any atom is -0.394 e. The topological polar surface area (TPSA) is 58.4 Å². The molecular formula is C14H23N3O2S. The van der Waals surface area contributed by atoms with E-state index in [1.54, 1.807) is 16.4 Å². The Morgan fingerprint density at radius 1 is 1.60 bits per heavy atom. The molecule has 1 aliphatic rings. The number of piperidine rings is 1. The summed E-state index contributed by atoms with van der Waals surface area (Å²) < 4.78 is 1.77. The van der Waals surface area contributed by atoms with Gasteiger partial charge in [0, 0.05) is 37.4 Å². The number of amides is 1. The van der Waals surface area contributed by atoms with Crippen molar-refractivity contribution in [3.63, 3.8) is 0 Å². The lowest BCUT2D eigenvalue weighted by molar-refractivity contribution is -0.131. The third kappa shape index (κ3) is 3.99. The van der Waals surface area contributed by atoms with E-state index in [0.717, 1.165) is 37.4 Å². The highest BCUT2D eigenvalue weighted by Crippen LogP contribution is 2.26. The SMILES string of the molecule is CSCCC(=O)N1CCC[C@@H](c2ccn(CCO)n2)C1. The maximum atomic E-state index is 12.1. The van der Waals surface area contributed by atoms with Gasteiger partial charge >= 0.3 is 0 Å². The number of thioether (sulfide) groups is 1. The van der Waals surface area contributed by atoms with Crippen LogP contribution in [0.4, 0.5) is 0 Å². The van der Waals surface area contributed by atoms with Crippen molar-refractivity contribution in [2.24, 2.45) is 0 Å². The Balaban J connectivity index is 1.93. The van der Waals surface area contributed by atoms with Gasteiger partial charge in [0.2, 0.25) is 5.91 Å². The number of aliphatic hydroxyl groups is 1. The molecule has 1 N–H and O–H groups in total. The highest BCUT2D eigenvalue weighted by atomic mass is 32.2. The van der Waals surface area contributed by atoms with Crippen LogP contribution in [-0.2, 0) is 11.3 Å². The summed E-state index contributed by atoms with van der Waals surface area (Å²) in [5, 5.41) is 13.4. The summed E-state index contributed by atoms with van der Waals surface area (Å²) in [6.45, 7) is 2.29. The van der Waals surface area contributed by atoms with Crippen molar-refractivity contribution in [3.8, 4) is 0 Å². The minimum atomic E-state index is 0.102. The van der Waals surface area contributed by atoms with Gasteiger partial charge < -0.3 is 10.0 Å². The van der Waals surface area contributed by atoms with E-state index in [9.17, 15) is 4.79 Å². The van der Waals surface area contributed by atoms with Crippen LogP contribution in [0.15, 0.2) is 12.3 Å². The highest BCUT2D eigenvalue weighted by molar-refractivity contribution is 7.98. The molecule has 0 aromatic carbocycles. The molecule has 2 rings (SSSR count). The molecule has 0 aliphatic carbocycles. The molecule has 1 aromatic rings. The summed E-state index contributed by atoms with van der Waals surface area (Å²) in [6, 6.07) is 2.01. The number of carbonyl (C=O) groups excluding carboxylic acids is 1. The fourth-order valence-electron chi connectivity index (χ4n) is 2.61. The van der Waals surface area contributed by atoms with Crippen LogP contribution in [0.5, 0.6) is 0 Å². The molecule has 5 nitrogen and oxygen atoms in total. The summed E-state index contributed by atoms with van der Waals surface area (Å²) in [7, 11) is 0. The summed E-state index contributed by atoms with van der Waals surface area (Å²) in [5.74, 6) is 1.49. The Morgan fingerprint density at radius 2 is 2.45 bits per heavy atom. The predicted molar refractivity (Wildman–Crippen MR) is 80.9 cm³/mol. The van der Waals surface area contributed by atoms with E-state index in [4.69, 9.17) is 5.11 Å². The van der Waals surface area contributed by atoms with Crippen LogP contribution in [0.25, 0.3) is 0 Å². The van der Waals surface area contributed by atoms with Gasteiger partial charge in [-0.2, -0.15) is 16.9 Å². The fraction of sp³-hybridized carbons (Fsp3) is 0.714. The number of carbonyl (C=O) groups is 1. The van der Waals surface area contributed by atoms with Gasteiger partial charge in [-0.15, -0.1) is 0 Å². The zero-order valence-electron chi connectivity index (χ0n) is 12.0. The Kier molecular flexibility index (Phi) is 5.91. The molecule has 1 fully saturated rings. The first kappa shape index (κ1) is 15.4. The molecule has 1 aliphatic heterocycles. The van der Waals surface area contributed by atoms with Gasteiger partial charge in [0.1, 0.15) is 0 Å². The van der Waals surface area contributed by atoms with Crippen molar-refractivity contribution >= 4 is 17.7 Å². The number of aliphatic hydroxyl groups excluding tert-OH is 1. The van der Waals surface area contributed by atoms with Crippen LogP contribution in [0.2, 0.25) is 0 Å². The summed E-state index contributed by atoms with van der Waals surface area (Å²) >= 11 is 1.71. The average Bonchev–Trinajstić information content (AvgIpc) is 2.94. The second-order valence-corrected chi connectivity index (χ2v) is 6.13. The normalized spacial score (nSPS) is 19.3. The van der Waals surface area contributed by atoms with E-state index in [1.165, 1.54) is 0 Å². The number of nitrogens with zero attached hydrogens (tertiary/aromatic N) is 3.